The molecule has 30 heavy (non-hydrogen) atoms. The van der Waals surface area contributed by atoms with Crippen LogP contribution in [0.4, 0.5) is 5.13 Å². The SMILES string of the molecule is CN(C)c1nc2sc(C(=O)N3CCN(Cc4cccc5ccccc45)CC3)cc2s1. The molecule has 3 heterocycles. The second kappa shape index (κ2) is 7.98. The van der Waals surface area contributed by atoms with Gasteiger partial charge in [-0.2, -0.15) is 0 Å². The van der Waals surface area contributed by atoms with E-state index in [0.717, 1.165) is 52.3 Å². The van der Waals surface area contributed by atoms with Crippen molar-refractivity contribution >= 4 is 54.0 Å². The molecule has 0 saturated carbocycles. The van der Waals surface area contributed by atoms with Gasteiger partial charge < -0.3 is 9.80 Å². The van der Waals surface area contributed by atoms with Gasteiger partial charge in [-0.1, -0.05) is 53.8 Å². The first-order chi connectivity index (χ1) is 14.6. The Morgan fingerprint density at radius 2 is 1.80 bits per heavy atom. The number of nitrogens with zero attached hydrogens (tertiary/aromatic N) is 4. The van der Waals surface area contributed by atoms with Gasteiger partial charge in [0.05, 0.1) is 9.58 Å². The van der Waals surface area contributed by atoms with Crippen molar-refractivity contribution in [2.75, 3.05) is 45.2 Å². The lowest BCUT2D eigenvalue weighted by Crippen LogP contribution is -2.48. The number of piperazine rings is 1. The number of carbonyl (C=O) groups is 1. The van der Waals surface area contributed by atoms with Gasteiger partial charge >= 0.3 is 0 Å². The van der Waals surface area contributed by atoms with Crippen molar-refractivity contribution in [3.63, 3.8) is 0 Å². The number of anilines is 1. The molecule has 4 aromatic rings. The van der Waals surface area contributed by atoms with Crippen LogP contribution in [-0.2, 0) is 6.54 Å². The van der Waals surface area contributed by atoms with Gasteiger partial charge in [0.2, 0.25) is 0 Å². The van der Waals surface area contributed by atoms with Crippen LogP contribution in [0.1, 0.15) is 15.2 Å². The normalized spacial score (nSPS) is 15.2. The average Bonchev–Trinajstić information content (AvgIpc) is 3.34. The lowest BCUT2D eigenvalue weighted by Gasteiger charge is -2.34. The Kier molecular flexibility index (Phi) is 5.18. The van der Waals surface area contributed by atoms with Crippen LogP contribution in [0.15, 0.2) is 48.5 Å². The maximum absolute atomic E-state index is 13.0. The van der Waals surface area contributed by atoms with Gasteiger partial charge in [-0.25, -0.2) is 4.98 Å². The van der Waals surface area contributed by atoms with Gasteiger partial charge in [0.15, 0.2) is 5.13 Å². The first kappa shape index (κ1) is 19.5. The number of hydrogen-bond donors (Lipinski definition) is 0. The Balaban J connectivity index is 1.24. The van der Waals surface area contributed by atoms with Crippen LogP contribution in [-0.4, -0.2) is 61.0 Å². The Hall–Kier alpha value is -2.48. The molecule has 1 saturated heterocycles. The topological polar surface area (TPSA) is 39.7 Å². The minimum atomic E-state index is 0.140. The van der Waals surface area contributed by atoms with E-state index in [0.29, 0.717) is 0 Å². The lowest BCUT2D eigenvalue weighted by atomic mass is 10.0. The highest BCUT2D eigenvalue weighted by molar-refractivity contribution is 7.29. The van der Waals surface area contributed by atoms with Gasteiger partial charge in [-0.15, -0.1) is 11.3 Å². The summed E-state index contributed by atoms with van der Waals surface area (Å²) >= 11 is 3.15. The maximum atomic E-state index is 13.0. The zero-order valence-corrected chi connectivity index (χ0v) is 18.8. The Morgan fingerprint density at radius 1 is 1.03 bits per heavy atom. The summed E-state index contributed by atoms with van der Waals surface area (Å²) in [6, 6.07) is 17.1. The Labute approximate surface area is 184 Å². The number of fused-ring (bicyclic) bond motifs is 2. The summed E-state index contributed by atoms with van der Waals surface area (Å²) in [6.45, 7) is 4.27. The van der Waals surface area contributed by atoms with Gasteiger partial charge in [-0.3, -0.25) is 9.69 Å². The Morgan fingerprint density at radius 3 is 2.57 bits per heavy atom. The number of thiazole rings is 1. The monoisotopic (exact) mass is 436 g/mol. The molecule has 5 rings (SSSR count). The van der Waals surface area contributed by atoms with Gasteiger partial charge in [0.25, 0.3) is 5.91 Å². The zero-order chi connectivity index (χ0) is 20.7. The molecule has 154 valence electrons. The highest BCUT2D eigenvalue weighted by Gasteiger charge is 2.24. The van der Waals surface area contributed by atoms with E-state index in [4.69, 9.17) is 0 Å². The van der Waals surface area contributed by atoms with E-state index >= 15 is 0 Å². The highest BCUT2D eigenvalue weighted by Crippen LogP contribution is 2.34. The van der Waals surface area contributed by atoms with Crippen molar-refractivity contribution in [1.82, 2.24) is 14.8 Å². The van der Waals surface area contributed by atoms with Gasteiger partial charge in [-0.05, 0) is 22.4 Å². The molecule has 5 nitrogen and oxygen atoms in total. The third-order valence-electron chi connectivity index (χ3n) is 5.60. The van der Waals surface area contributed by atoms with Crippen molar-refractivity contribution in [2.24, 2.45) is 0 Å². The second-order valence-corrected chi connectivity index (χ2v) is 9.92. The molecule has 0 bridgehead atoms. The van der Waals surface area contributed by atoms with Crippen LogP contribution >= 0.6 is 22.7 Å². The summed E-state index contributed by atoms with van der Waals surface area (Å²) in [5.41, 5.74) is 1.36. The molecule has 0 aliphatic carbocycles. The predicted molar refractivity (Wildman–Crippen MR) is 127 cm³/mol. The van der Waals surface area contributed by atoms with Crippen molar-refractivity contribution in [1.29, 1.82) is 0 Å². The molecular formula is C23H24N4OS2. The number of rotatable bonds is 4. The van der Waals surface area contributed by atoms with Crippen LogP contribution in [0.3, 0.4) is 0 Å². The smallest absolute Gasteiger partial charge is 0.264 e. The van der Waals surface area contributed by atoms with E-state index in [2.05, 4.69) is 52.3 Å². The quantitative estimate of drug-likeness (QED) is 0.471. The third-order valence-corrected chi connectivity index (χ3v) is 7.92. The molecule has 0 radical (unpaired) electrons. The summed E-state index contributed by atoms with van der Waals surface area (Å²) < 4.78 is 1.10. The predicted octanol–water partition coefficient (Wildman–Crippen LogP) is 4.54. The van der Waals surface area contributed by atoms with E-state index in [-0.39, 0.29) is 5.91 Å². The molecule has 2 aromatic carbocycles. The minimum absolute atomic E-state index is 0.140. The summed E-state index contributed by atoms with van der Waals surface area (Å²) in [4.78, 5) is 25.8. The van der Waals surface area contributed by atoms with E-state index in [9.17, 15) is 4.79 Å². The number of thiophene rings is 1. The fourth-order valence-corrected chi connectivity index (χ4v) is 6.06. The van der Waals surface area contributed by atoms with E-state index in [1.165, 1.54) is 27.7 Å². The molecule has 1 fully saturated rings. The standard InChI is InChI=1S/C23H24N4OS2/c1-25(2)23-24-21-19(30-23)14-20(29-21)22(28)27-12-10-26(11-13-27)15-17-8-5-7-16-6-3-4-9-18(16)17/h3-9,14H,10-13,15H2,1-2H3. The van der Waals surface area contributed by atoms with E-state index in [1.54, 1.807) is 11.3 Å². The van der Waals surface area contributed by atoms with Crippen LogP contribution in [0, 0.1) is 0 Å². The Bertz CT molecular complexity index is 1170. The van der Waals surface area contributed by atoms with Crippen molar-refractivity contribution in [2.45, 2.75) is 6.54 Å². The first-order valence-electron chi connectivity index (χ1n) is 10.1. The van der Waals surface area contributed by atoms with Crippen molar-refractivity contribution in [3.05, 3.63) is 59.0 Å². The maximum Gasteiger partial charge on any atom is 0.264 e. The molecular weight excluding hydrogens is 412 g/mol. The molecule has 0 N–H and O–H groups in total. The molecule has 2 aromatic heterocycles. The number of benzene rings is 2. The van der Waals surface area contributed by atoms with Gasteiger partial charge in [0.1, 0.15) is 4.83 Å². The van der Waals surface area contributed by atoms with Crippen molar-refractivity contribution in [3.8, 4) is 0 Å². The van der Waals surface area contributed by atoms with Crippen LogP contribution in [0.5, 0.6) is 0 Å². The summed E-state index contributed by atoms with van der Waals surface area (Å²) in [5, 5.41) is 3.59. The number of carbonyl (C=O) groups excluding carboxylic acids is 1. The third kappa shape index (κ3) is 3.69. The molecule has 1 amide bonds. The molecule has 7 heteroatoms. The molecule has 0 unspecified atom stereocenters. The van der Waals surface area contributed by atoms with Crippen LogP contribution in [0.25, 0.3) is 20.3 Å². The fraction of sp³-hybridized carbons (Fsp3) is 0.304. The largest absolute Gasteiger partial charge is 0.354 e. The molecule has 0 spiro atoms. The minimum Gasteiger partial charge on any atom is -0.354 e. The number of aromatic nitrogens is 1. The first-order valence-corrected chi connectivity index (χ1v) is 11.8. The second-order valence-electron chi connectivity index (χ2n) is 7.88. The fourth-order valence-electron chi connectivity index (χ4n) is 3.96. The number of hydrogen-bond acceptors (Lipinski definition) is 6. The zero-order valence-electron chi connectivity index (χ0n) is 17.2. The van der Waals surface area contributed by atoms with E-state index in [1.807, 2.05) is 30.0 Å². The summed E-state index contributed by atoms with van der Waals surface area (Å²) in [6.07, 6.45) is 0. The molecule has 1 aliphatic heterocycles. The van der Waals surface area contributed by atoms with Crippen LogP contribution < -0.4 is 4.90 Å². The average molecular weight is 437 g/mol. The lowest BCUT2D eigenvalue weighted by molar-refractivity contribution is 0.0634. The van der Waals surface area contributed by atoms with Crippen LogP contribution in [0.2, 0.25) is 0 Å². The summed E-state index contributed by atoms with van der Waals surface area (Å²) in [7, 11) is 3.98. The van der Waals surface area contributed by atoms with E-state index < -0.39 is 0 Å². The molecule has 1 aliphatic rings. The van der Waals surface area contributed by atoms with Gasteiger partial charge in [0, 0.05) is 46.8 Å². The number of amides is 1. The molecule has 0 atom stereocenters. The van der Waals surface area contributed by atoms with Crippen molar-refractivity contribution < 1.29 is 4.79 Å². The summed E-state index contributed by atoms with van der Waals surface area (Å²) in [5.74, 6) is 0.140. The highest BCUT2D eigenvalue weighted by atomic mass is 32.1.